The second kappa shape index (κ2) is 10.0. The SMILES string of the molecule is Cc1ccccc1COc1ccc(C=Nc2cc(-c3ccccc3)nn2-c2ccccc2)cc1. The molecular formula is C30H25N3O. The van der Waals surface area contributed by atoms with Crippen LogP contribution in [0.5, 0.6) is 5.75 Å². The predicted octanol–water partition coefficient (Wildman–Crippen LogP) is 7.18. The van der Waals surface area contributed by atoms with E-state index >= 15 is 0 Å². The molecule has 4 heteroatoms. The van der Waals surface area contributed by atoms with Crippen LogP contribution in [-0.4, -0.2) is 16.0 Å². The summed E-state index contributed by atoms with van der Waals surface area (Å²) >= 11 is 0. The first kappa shape index (κ1) is 21.4. The van der Waals surface area contributed by atoms with Gasteiger partial charge in [0.1, 0.15) is 12.4 Å². The Balaban J connectivity index is 1.36. The molecule has 166 valence electrons. The topological polar surface area (TPSA) is 39.4 Å². The van der Waals surface area contributed by atoms with Crippen LogP contribution in [0.25, 0.3) is 16.9 Å². The molecule has 5 aromatic rings. The van der Waals surface area contributed by atoms with Crippen molar-refractivity contribution in [3.8, 4) is 22.7 Å². The van der Waals surface area contributed by atoms with Crippen molar-refractivity contribution >= 4 is 12.0 Å². The number of nitrogens with zero attached hydrogens (tertiary/aromatic N) is 3. The Kier molecular flexibility index (Phi) is 6.30. The highest BCUT2D eigenvalue weighted by Gasteiger charge is 2.10. The molecule has 0 bridgehead atoms. The summed E-state index contributed by atoms with van der Waals surface area (Å²) in [5.41, 5.74) is 6.33. The maximum atomic E-state index is 5.96. The van der Waals surface area contributed by atoms with Crippen LogP contribution in [-0.2, 0) is 6.61 Å². The first-order valence-electron chi connectivity index (χ1n) is 11.3. The lowest BCUT2D eigenvalue weighted by Crippen LogP contribution is -1.97. The minimum absolute atomic E-state index is 0.554. The molecule has 1 heterocycles. The predicted molar refractivity (Wildman–Crippen MR) is 138 cm³/mol. The van der Waals surface area contributed by atoms with Gasteiger partial charge in [0.2, 0.25) is 0 Å². The van der Waals surface area contributed by atoms with E-state index in [1.165, 1.54) is 11.1 Å². The van der Waals surface area contributed by atoms with Crippen molar-refractivity contribution in [3.63, 3.8) is 0 Å². The summed E-state index contributed by atoms with van der Waals surface area (Å²) in [5, 5.41) is 4.82. The van der Waals surface area contributed by atoms with Gasteiger partial charge in [-0.1, -0.05) is 72.8 Å². The van der Waals surface area contributed by atoms with Crippen molar-refractivity contribution in [2.45, 2.75) is 13.5 Å². The Labute approximate surface area is 199 Å². The molecule has 5 rings (SSSR count). The number of ether oxygens (including phenoxy) is 1. The summed E-state index contributed by atoms with van der Waals surface area (Å²) < 4.78 is 7.83. The van der Waals surface area contributed by atoms with Crippen LogP contribution in [0.4, 0.5) is 5.82 Å². The second-order valence-corrected chi connectivity index (χ2v) is 8.04. The highest BCUT2D eigenvalue weighted by Crippen LogP contribution is 2.26. The van der Waals surface area contributed by atoms with Gasteiger partial charge in [-0.05, 0) is 60.0 Å². The van der Waals surface area contributed by atoms with Crippen molar-refractivity contribution in [2.24, 2.45) is 4.99 Å². The van der Waals surface area contributed by atoms with Crippen molar-refractivity contribution in [3.05, 3.63) is 132 Å². The van der Waals surface area contributed by atoms with E-state index in [2.05, 4.69) is 31.2 Å². The summed E-state index contributed by atoms with van der Waals surface area (Å²) in [5.74, 6) is 1.60. The quantitative estimate of drug-likeness (QED) is 0.250. The number of hydrogen-bond acceptors (Lipinski definition) is 3. The third-order valence-electron chi connectivity index (χ3n) is 5.64. The van der Waals surface area contributed by atoms with Crippen LogP contribution in [0.2, 0.25) is 0 Å². The summed E-state index contributed by atoms with van der Waals surface area (Å²) in [4.78, 5) is 4.77. The van der Waals surface area contributed by atoms with E-state index in [0.717, 1.165) is 34.1 Å². The van der Waals surface area contributed by atoms with Crippen LogP contribution >= 0.6 is 0 Å². The molecule has 0 saturated carbocycles. The average Bonchev–Trinajstić information content (AvgIpc) is 3.33. The van der Waals surface area contributed by atoms with Gasteiger partial charge < -0.3 is 4.74 Å². The molecule has 0 radical (unpaired) electrons. The third-order valence-corrected chi connectivity index (χ3v) is 5.64. The number of aliphatic imine (C=N–C) groups is 1. The minimum Gasteiger partial charge on any atom is -0.489 e. The number of aryl methyl sites for hydroxylation is 1. The standard InChI is InChI=1S/C30H25N3O/c1-23-10-8-9-13-26(23)22-34-28-18-16-24(17-19-28)21-31-30-20-29(25-11-4-2-5-12-25)32-33(30)27-14-6-3-7-15-27/h2-21H,22H2,1H3. The van der Waals surface area contributed by atoms with Gasteiger partial charge in [0.25, 0.3) is 0 Å². The largest absolute Gasteiger partial charge is 0.489 e. The van der Waals surface area contributed by atoms with Gasteiger partial charge >= 0.3 is 0 Å². The van der Waals surface area contributed by atoms with Crippen molar-refractivity contribution in [1.29, 1.82) is 0 Å². The molecule has 34 heavy (non-hydrogen) atoms. The van der Waals surface area contributed by atoms with Crippen LogP contribution in [0, 0.1) is 6.92 Å². The molecule has 0 aliphatic heterocycles. The fraction of sp³-hybridized carbons (Fsp3) is 0.0667. The molecule has 4 nitrogen and oxygen atoms in total. The fourth-order valence-corrected chi connectivity index (χ4v) is 3.70. The molecule has 0 saturated heterocycles. The molecule has 4 aromatic carbocycles. The number of aromatic nitrogens is 2. The van der Waals surface area contributed by atoms with E-state index in [-0.39, 0.29) is 0 Å². The van der Waals surface area contributed by atoms with Gasteiger partial charge in [-0.2, -0.15) is 5.10 Å². The molecule has 0 atom stereocenters. The first-order chi connectivity index (χ1) is 16.8. The smallest absolute Gasteiger partial charge is 0.156 e. The van der Waals surface area contributed by atoms with Gasteiger partial charge in [0.05, 0.1) is 11.4 Å². The molecule has 1 aromatic heterocycles. The summed E-state index contributed by atoms with van der Waals surface area (Å²) in [6, 6.07) is 38.5. The van der Waals surface area contributed by atoms with Gasteiger partial charge in [-0.25, -0.2) is 9.67 Å². The molecule has 0 unspecified atom stereocenters. The zero-order valence-electron chi connectivity index (χ0n) is 19.0. The number of benzene rings is 4. The number of para-hydroxylation sites is 1. The molecule has 0 N–H and O–H groups in total. The maximum absolute atomic E-state index is 5.96. The van der Waals surface area contributed by atoms with Crippen LogP contribution < -0.4 is 4.74 Å². The maximum Gasteiger partial charge on any atom is 0.156 e. The Morgan fingerprint density at radius 1 is 0.794 bits per heavy atom. The molecule has 0 aliphatic rings. The average molecular weight is 444 g/mol. The lowest BCUT2D eigenvalue weighted by atomic mass is 10.1. The van der Waals surface area contributed by atoms with E-state index in [1.54, 1.807) is 0 Å². The van der Waals surface area contributed by atoms with Crippen molar-refractivity contribution in [1.82, 2.24) is 9.78 Å². The molecular weight excluding hydrogens is 418 g/mol. The van der Waals surface area contributed by atoms with Gasteiger partial charge in [-0.3, -0.25) is 0 Å². The summed E-state index contributed by atoms with van der Waals surface area (Å²) in [7, 11) is 0. The molecule has 0 spiro atoms. The Morgan fingerprint density at radius 3 is 2.21 bits per heavy atom. The molecule has 0 amide bonds. The van der Waals surface area contributed by atoms with Crippen molar-refractivity contribution in [2.75, 3.05) is 0 Å². The number of rotatable bonds is 7. The molecule has 0 aliphatic carbocycles. The van der Waals surface area contributed by atoms with Crippen molar-refractivity contribution < 1.29 is 4.74 Å². The van der Waals surface area contributed by atoms with Crippen LogP contribution in [0.15, 0.2) is 120 Å². The van der Waals surface area contributed by atoms with Crippen LogP contribution in [0.1, 0.15) is 16.7 Å². The lowest BCUT2D eigenvalue weighted by Gasteiger charge is -2.08. The first-order valence-corrected chi connectivity index (χ1v) is 11.3. The monoisotopic (exact) mass is 443 g/mol. The molecule has 0 fully saturated rings. The minimum atomic E-state index is 0.554. The Bertz CT molecular complexity index is 1390. The fourth-order valence-electron chi connectivity index (χ4n) is 3.70. The van der Waals surface area contributed by atoms with E-state index in [1.807, 2.05) is 102 Å². The van der Waals surface area contributed by atoms with Gasteiger partial charge in [0, 0.05) is 17.8 Å². The number of hydrogen-bond donors (Lipinski definition) is 0. The normalized spacial score (nSPS) is 11.1. The Hall–Kier alpha value is -4.44. The van der Waals surface area contributed by atoms with E-state index in [0.29, 0.717) is 6.61 Å². The van der Waals surface area contributed by atoms with Gasteiger partial charge in [-0.15, -0.1) is 0 Å². The van der Waals surface area contributed by atoms with Gasteiger partial charge in [0.15, 0.2) is 5.82 Å². The third kappa shape index (κ3) is 4.97. The highest BCUT2D eigenvalue weighted by molar-refractivity contribution is 5.82. The summed E-state index contributed by atoms with van der Waals surface area (Å²) in [6.07, 6.45) is 1.86. The van der Waals surface area contributed by atoms with E-state index in [9.17, 15) is 0 Å². The zero-order chi connectivity index (χ0) is 23.2. The zero-order valence-corrected chi connectivity index (χ0v) is 19.0. The summed E-state index contributed by atoms with van der Waals surface area (Å²) in [6.45, 7) is 2.65. The Morgan fingerprint density at radius 2 is 1.47 bits per heavy atom. The second-order valence-electron chi connectivity index (χ2n) is 8.04. The highest BCUT2D eigenvalue weighted by atomic mass is 16.5. The van der Waals surface area contributed by atoms with E-state index in [4.69, 9.17) is 14.8 Å². The lowest BCUT2D eigenvalue weighted by molar-refractivity contribution is 0.305. The van der Waals surface area contributed by atoms with E-state index < -0.39 is 0 Å². The van der Waals surface area contributed by atoms with Crippen LogP contribution in [0.3, 0.4) is 0 Å².